The van der Waals surface area contributed by atoms with Crippen molar-refractivity contribution in [3.8, 4) is 0 Å². The Hall–Kier alpha value is -2.81. The van der Waals surface area contributed by atoms with Crippen molar-refractivity contribution in [1.29, 1.82) is 0 Å². The third kappa shape index (κ3) is 2.90. The zero-order chi connectivity index (χ0) is 16.2. The molecule has 0 fully saturated rings. The molecule has 0 heterocycles. The minimum absolute atomic E-state index is 0.551. The molecule has 0 radical (unpaired) electrons. The van der Waals surface area contributed by atoms with E-state index in [-0.39, 0.29) is 0 Å². The maximum atomic E-state index is 11.7. The van der Waals surface area contributed by atoms with Crippen LogP contribution in [0.3, 0.4) is 0 Å². The molecule has 23 heavy (non-hydrogen) atoms. The zero-order valence-electron chi connectivity index (χ0n) is 13.4. The zero-order valence-corrected chi connectivity index (χ0v) is 13.4. The van der Waals surface area contributed by atoms with Gasteiger partial charge in [0.15, 0.2) is 0 Å². The van der Waals surface area contributed by atoms with Crippen LogP contribution < -0.4 is 10.2 Å². The van der Waals surface area contributed by atoms with E-state index in [0.29, 0.717) is 6.54 Å². The van der Waals surface area contributed by atoms with Crippen molar-refractivity contribution in [2.75, 3.05) is 17.3 Å². The standard InChI is InChI=1S/C20H20N2O/c1-15-11-12-16-7-3-4-8-17(16)18(15)13-22(14-23)20-10-6-5-9-19(20)21-2/h3-12,14,21H,13H2,1-2H3. The highest BCUT2D eigenvalue weighted by Crippen LogP contribution is 2.29. The van der Waals surface area contributed by atoms with Gasteiger partial charge < -0.3 is 10.2 Å². The maximum absolute atomic E-state index is 11.7. The number of nitrogens with one attached hydrogen (secondary N) is 1. The third-order valence-electron chi connectivity index (χ3n) is 4.21. The summed E-state index contributed by atoms with van der Waals surface area (Å²) < 4.78 is 0. The molecule has 0 bridgehead atoms. The van der Waals surface area contributed by atoms with Crippen molar-refractivity contribution in [2.24, 2.45) is 0 Å². The Bertz CT molecular complexity index is 842. The number of amides is 1. The Morgan fingerprint density at radius 1 is 1.00 bits per heavy atom. The van der Waals surface area contributed by atoms with Crippen LogP contribution in [0.2, 0.25) is 0 Å². The minimum Gasteiger partial charge on any atom is -0.386 e. The van der Waals surface area contributed by atoms with Crippen LogP contribution in [-0.4, -0.2) is 13.5 Å². The van der Waals surface area contributed by atoms with Gasteiger partial charge in [0.05, 0.1) is 17.9 Å². The quantitative estimate of drug-likeness (QED) is 0.711. The first-order valence-electron chi connectivity index (χ1n) is 7.70. The van der Waals surface area contributed by atoms with Gasteiger partial charge >= 0.3 is 0 Å². The second-order valence-corrected chi connectivity index (χ2v) is 5.58. The van der Waals surface area contributed by atoms with Crippen LogP contribution >= 0.6 is 0 Å². The van der Waals surface area contributed by atoms with Gasteiger partial charge in [0.25, 0.3) is 0 Å². The average molecular weight is 304 g/mol. The van der Waals surface area contributed by atoms with Crippen molar-refractivity contribution in [1.82, 2.24) is 0 Å². The van der Waals surface area contributed by atoms with Gasteiger partial charge in [-0.3, -0.25) is 4.79 Å². The Morgan fingerprint density at radius 3 is 2.52 bits per heavy atom. The number of para-hydroxylation sites is 2. The topological polar surface area (TPSA) is 32.3 Å². The van der Waals surface area contributed by atoms with Crippen LogP contribution in [0.15, 0.2) is 60.7 Å². The molecule has 0 atom stereocenters. The van der Waals surface area contributed by atoms with Crippen molar-refractivity contribution in [3.63, 3.8) is 0 Å². The van der Waals surface area contributed by atoms with Crippen molar-refractivity contribution < 1.29 is 4.79 Å². The molecule has 3 rings (SSSR count). The highest BCUT2D eigenvalue weighted by Gasteiger charge is 2.13. The molecule has 0 saturated heterocycles. The lowest BCUT2D eigenvalue weighted by Crippen LogP contribution is -2.22. The van der Waals surface area contributed by atoms with E-state index in [0.717, 1.165) is 17.8 Å². The van der Waals surface area contributed by atoms with Crippen LogP contribution in [-0.2, 0) is 11.3 Å². The molecule has 0 spiro atoms. The molecule has 3 heteroatoms. The summed E-state index contributed by atoms with van der Waals surface area (Å²) in [5, 5.41) is 5.54. The summed E-state index contributed by atoms with van der Waals surface area (Å²) in [6.07, 6.45) is 0.900. The number of carbonyl (C=O) groups is 1. The van der Waals surface area contributed by atoms with Crippen LogP contribution in [0.5, 0.6) is 0 Å². The number of benzene rings is 3. The molecule has 3 nitrogen and oxygen atoms in total. The second kappa shape index (κ2) is 6.53. The van der Waals surface area contributed by atoms with Gasteiger partial charge in [-0.1, -0.05) is 48.5 Å². The molecule has 0 aliphatic rings. The van der Waals surface area contributed by atoms with Crippen molar-refractivity contribution in [2.45, 2.75) is 13.5 Å². The van der Waals surface area contributed by atoms with E-state index in [9.17, 15) is 4.79 Å². The summed E-state index contributed by atoms with van der Waals surface area (Å²) in [5.41, 5.74) is 4.20. The highest BCUT2D eigenvalue weighted by molar-refractivity contribution is 5.89. The van der Waals surface area contributed by atoms with Gasteiger partial charge in [-0.2, -0.15) is 0 Å². The summed E-state index contributed by atoms with van der Waals surface area (Å²) in [6.45, 7) is 2.64. The Morgan fingerprint density at radius 2 is 1.74 bits per heavy atom. The van der Waals surface area contributed by atoms with E-state index < -0.39 is 0 Å². The van der Waals surface area contributed by atoms with E-state index in [1.54, 1.807) is 4.90 Å². The lowest BCUT2D eigenvalue weighted by atomic mass is 9.99. The van der Waals surface area contributed by atoms with Gasteiger partial charge in [0.2, 0.25) is 6.41 Å². The van der Waals surface area contributed by atoms with E-state index in [1.807, 2.05) is 43.4 Å². The number of anilines is 2. The number of aryl methyl sites for hydroxylation is 1. The first-order valence-corrected chi connectivity index (χ1v) is 7.70. The lowest BCUT2D eigenvalue weighted by molar-refractivity contribution is -0.107. The molecule has 0 aliphatic carbocycles. The fourth-order valence-electron chi connectivity index (χ4n) is 2.94. The van der Waals surface area contributed by atoms with Gasteiger partial charge in [0.1, 0.15) is 0 Å². The Labute approximate surface area is 136 Å². The number of rotatable bonds is 5. The van der Waals surface area contributed by atoms with Gasteiger partial charge in [-0.05, 0) is 41.0 Å². The predicted octanol–water partition coefficient (Wildman–Crippen LogP) is 4.35. The van der Waals surface area contributed by atoms with Crippen LogP contribution in [0, 0.1) is 6.92 Å². The highest BCUT2D eigenvalue weighted by atomic mass is 16.1. The third-order valence-corrected chi connectivity index (χ3v) is 4.21. The number of fused-ring (bicyclic) bond motifs is 1. The van der Waals surface area contributed by atoms with E-state index >= 15 is 0 Å². The molecule has 3 aromatic carbocycles. The van der Waals surface area contributed by atoms with E-state index in [4.69, 9.17) is 0 Å². The summed E-state index contributed by atoms with van der Waals surface area (Å²) in [5.74, 6) is 0. The Balaban J connectivity index is 2.06. The second-order valence-electron chi connectivity index (χ2n) is 5.58. The summed E-state index contributed by atoms with van der Waals surface area (Å²) in [7, 11) is 1.87. The maximum Gasteiger partial charge on any atom is 0.214 e. The average Bonchev–Trinajstić information content (AvgIpc) is 2.61. The molecule has 1 amide bonds. The summed E-state index contributed by atoms with van der Waals surface area (Å²) >= 11 is 0. The normalized spacial score (nSPS) is 10.5. The molecular formula is C20H20N2O. The summed E-state index contributed by atoms with van der Waals surface area (Å²) in [4.78, 5) is 13.5. The molecule has 0 saturated carbocycles. The first-order chi connectivity index (χ1) is 11.2. The van der Waals surface area contributed by atoms with E-state index in [2.05, 4.69) is 36.5 Å². The van der Waals surface area contributed by atoms with Crippen molar-refractivity contribution in [3.05, 3.63) is 71.8 Å². The molecule has 116 valence electrons. The smallest absolute Gasteiger partial charge is 0.214 e. The molecular weight excluding hydrogens is 284 g/mol. The van der Waals surface area contributed by atoms with Crippen LogP contribution in [0.1, 0.15) is 11.1 Å². The minimum atomic E-state index is 0.551. The van der Waals surface area contributed by atoms with E-state index in [1.165, 1.54) is 21.9 Å². The molecule has 3 aromatic rings. The molecule has 0 aliphatic heterocycles. The number of hydrogen-bond donors (Lipinski definition) is 1. The lowest BCUT2D eigenvalue weighted by Gasteiger charge is -2.22. The van der Waals surface area contributed by atoms with Gasteiger partial charge in [0, 0.05) is 7.05 Å². The van der Waals surface area contributed by atoms with Gasteiger partial charge in [-0.25, -0.2) is 0 Å². The predicted molar refractivity (Wildman–Crippen MR) is 96.9 cm³/mol. The SMILES string of the molecule is CNc1ccccc1N(C=O)Cc1c(C)ccc2ccccc12. The number of carbonyl (C=O) groups excluding carboxylic acids is 1. The van der Waals surface area contributed by atoms with Crippen LogP contribution in [0.25, 0.3) is 10.8 Å². The Kier molecular flexibility index (Phi) is 4.29. The fraction of sp³-hybridized carbons (Fsp3) is 0.150. The fourth-order valence-corrected chi connectivity index (χ4v) is 2.94. The number of nitrogens with zero attached hydrogens (tertiary/aromatic N) is 1. The monoisotopic (exact) mass is 304 g/mol. The van der Waals surface area contributed by atoms with Crippen molar-refractivity contribution >= 4 is 28.6 Å². The largest absolute Gasteiger partial charge is 0.386 e. The van der Waals surface area contributed by atoms with Gasteiger partial charge in [-0.15, -0.1) is 0 Å². The molecule has 0 unspecified atom stereocenters. The van der Waals surface area contributed by atoms with Crippen LogP contribution in [0.4, 0.5) is 11.4 Å². The summed E-state index contributed by atoms with van der Waals surface area (Å²) in [6, 6.07) is 20.4. The number of hydrogen-bond acceptors (Lipinski definition) is 2. The molecule has 1 N–H and O–H groups in total. The first kappa shape index (κ1) is 15.1. The molecule has 0 aromatic heterocycles.